The Balaban J connectivity index is 1.94. The van der Waals surface area contributed by atoms with Gasteiger partial charge in [-0.1, -0.05) is 19.3 Å². The molecule has 0 atom stereocenters. The molecule has 16 heavy (non-hydrogen) atoms. The molecule has 2 N–H and O–H groups in total. The molecule has 4 nitrogen and oxygen atoms in total. The first-order valence-corrected chi connectivity index (χ1v) is 6.05. The third-order valence-electron chi connectivity index (χ3n) is 3.26. The standard InChI is InChI=1S/C12H20N4/c1-16(9-10-5-3-2-4-6-10)12-14-8-7-11(13)15-12/h7-8,10H,2-6,9H2,1H3,(H2,13,14,15). The minimum atomic E-state index is 0.542. The van der Waals surface area contributed by atoms with Crippen LogP contribution in [0.5, 0.6) is 0 Å². The number of rotatable bonds is 3. The lowest BCUT2D eigenvalue weighted by Crippen LogP contribution is -2.28. The van der Waals surface area contributed by atoms with Crippen LogP contribution >= 0.6 is 0 Å². The van der Waals surface area contributed by atoms with Crippen molar-refractivity contribution in [3.63, 3.8) is 0 Å². The number of hydrogen-bond acceptors (Lipinski definition) is 4. The van der Waals surface area contributed by atoms with E-state index in [0.717, 1.165) is 18.4 Å². The van der Waals surface area contributed by atoms with Crippen molar-refractivity contribution in [2.24, 2.45) is 5.92 Å². The fourth-order valence-electron chi connectivity index (χ4n) is 2.38. The molecule has 88 valence electrons. The summed E-state index contributed by atoms with van der Waals surface area (Å²) in [5.41, 5.74) is 5.65. The van der Waals surface area contributed by atoms with Gasteiger partial charge in [-0.15, -0.1) is 0 Å². The van der Waals surface area contributed by atoms with Crippen LogP contribution in [0.15, 0.2) is 12.3 Å². The number of nitrogen functional groups attached to an aromatic ring is 1. The molecule has 0 aliphatic heterocycles. The van der Waals surface area contributed by atoms with Gasteiger partial charge in [-0.25, -0.2) is 4.98 Å². The normalized spacial score (nSPS) is 17.3. The second kappa shape index (κ2) is 5.14. The predicted molar refractivity (Wildman–Crippen MR) is 66.3 cm³/mol. The van der Waals surface area contributed by atoms with Crippen LogP contribution < -0.4 is 10.6 Å². The number of hydrogen-bond donors (Lipinski definition) is 1. The van der Waals surface area contributed by atoms with Crippen molar-refractivity contribution in [2.75, 3.05) is 24.2 Å². The van der Waals surface area contributed by atoms with E-state index in [1.54, 1.807) is 12.3 Å². The number of nitrogens with zero attached hydrogens (tertiary/aromatic N) is 3. The van der Waals surface area contributed by atoms with Gasteiger partial charge in [0.1, 0.15) is 5.82 Å². The van der Waals surface area contributed by atoms with Gasteiger partial charge in [0.2, 0.25) is 5.95 Å². The Morgan fingerprint density at radius 1 is 1.38 bits per heavy atom. The van der Waals surface area contributed by atoms with Gasteiger partial charge in [0.25, 0.3) is 0 Å². The zero-order valence-electron chi connectivity index (χ0n) is 9.89. The van der Waals surface area contributed by atoms with Gasteiger partial charge in [-0.2, -0.15) is 4.98 Å². The Morgan fingerprint density at radius 3 is 2.81 bits per heavy atom. The first-order valence-electron chi connectivity index (χ1n) is 6.05. The molecule has 4 heteroatoms. The van der Waals surface area contributed by atoms with Crippen molar-refractivity contribution in [3.05, 3.63) is 12.3 Å². The number of aromatic nitrogens is 2. The van der Waals surface area contributed by atoms with E-state index in [1.807, 2.05) is 7.05 Å². The smallest absolute Gasteiger partial charge is 0.226 e. The highest BCUT2D eigenvalue weighted by Crippen LogP contribution is 2.24. The van der Waals surface area contributed by atoms with E-state index >= 15 is 0 Å². The molecular formula is C12H20N4. The zero-order chi connectivity index (χ0) is 11.4. The Labute approximate surface area is 96.9 Å². The summed E-state index contributed by atoms with van der Waals surface area (Å²) in [7, 11) is 2.05. The SMILES string of the molecule is CN(CC1CCCCC1)c1nccc(N)n1. The molecule has 0 bridgehead atoms. The lowest BCUT2D eigenvalue weighted by molar-refractivity contribution is 0.361. The summed E-state index contributed by atoms with van der Waals surface area (Å²) in [6.45, 7) is 1.05. The molecule has 0 spiro atoms. The Kier molecular flexibility index (Phi) is 3.59. The minimum absolute atomic E-state index is 0.542. The van der Waals surface area contributed by atoms with Crippen LogP contribution in [0.3, 0.4) is 0 Å². The summed E-state index contributed by atoms with van der Waals surface area (Å²) in [4.78, 5) is 10.6. The fourth-order valence-corrected chi connectivity index (χ4v) is 2.38. The summed E-state index contributed by atoms with van der Waals surface area (Å²) >= 11 is 0. The first kappa shape index (κ1) is 11.2. The molecule has 1 aliphatic carbocycles. The molecule has 0 unspecified atom stereocenters. The maximum absolute atomic E-state index is 5.65. The topological polar surface area (TPSA) is 55.0 Å². The lowest BCUT2D eigenvalue weighted by Gasteiger charge is -2.26. The van der Waals surface area contributed by atoms with E-state index in [0.29, 0.717) is 5.82 Å². The van der Waals surface area contributed by atoms with Gasteiger partial charge < -0.3 is 10.6 Å². The van der Waals surface area contributed by atoms with Crippen LogP contribution in [0.2, 0.25) is 0 Å². The Morgan fingerprint density at radius 2 is 2.12 bits per heavy atom. The highest BCUT2D eigenvalue weighted by atomic mass is 15.2. The van der Waals surface area contributed by atoms with Gasteiger partial charge in [0.15, 0.2) is 0 Å². The fraction of sp³-hybridized carbons (Fsp3) is 0.667. The van der Waals surface area contributed by atoms with Crippen molar-refractivity contribution in [1.82, 2.24) is 9.97 Å². The van der Waals surface area contributed by atoms with Crippen molar-refractivity contribution in [1.29, 1.82) is 0 Å². The van der Waals surface area contributed by atoms with Gasteiger partial charge >= 0.3 is 0 Å². The van der Waals surface area contributed by atoms with E-state index in [4.69, 9.17) is 5.73 Å². The third-order valence-corrected chi connectivity index (χ3v) is 3.26. The van der Waals surface area contributed by atoms with Crippen LogP contribution in [-0.4, -0.2) is 23.6 Å². The van der Waals surface area contributed by atoms with Crippen LogP contribution in [0.1, 0.15) is 32.1 Å². The summed E-state index contributed by atoms with van der Waals surface area (Å²) in [6.07, 6.45) is 8.54. The highest BCUT2D eigenvalue weighted by Gasteiger charge is 2.16. The molecule has 1 aromatic heterocycles. The molecule has 1 fully saturated rings. The molecule has 0 amide bonds. The number of anilines is 2. The molecule has 0 radical (unpaired) electrons. The zero-order valence-corrected chi connectivity index (χ0v) is 9.89. The molecule has 0 aromatic carbocycles. The summed E-state index contributed by atoms with van der Waals surface area (Å²) in [6, 6.07) is 1.72. The molecule has 1 aliphatic rings. The quantitative estimate of drug-likeness (QED) is 0.847. The van der Waals surface area contributed by atoms with Crippen LogP contribution in [0.25, 0.3) is 0 Å². The summed E-state index contributed by atoms with van der Waals surface area (Å²) in [5.74, 6) is 2.08. The van der Waals surface area contributed by atoms with Crippen molar-refractivity contribution in [3.8, 4) is 0 Å². The van der Waals surface area contributed by atoms with Crippen LogP contribution in [0.4, 0.5) is 11.8 Å². The van der Waals surface area contributed by atoms with Gasteiger partial charge in [-0.05, 0) is 24.8 Å². The van der Waals surface area contributed by atoms with Gasteiger partial charge in [-0.3, -0.25) is 0 Å². The van der Waals surface area contributed by atoms with Crippen molar-refractivity contribution >= 4 is 11.8 Å². The Hall–Kier alpha value is -1.32. The second-order valence-electron chi connectivity index (χ2n) is 4.67. The van der Waals surface area contributed by atoms with Gasteiger partial charge in [0.05, 0.1) is 0 Å². The summed E-state index contributed by atoms with van der Waals surface area (Å²) < 4.78 is 0. The van der Waals surface area contributed by atoms with Gasteiger partial charge in [0, 0.05) is 19.8 Å². The van der Waals surface area contributed by atoms with E-state index in [2.05, 4.69) is 14.9 Å². The Bertz CT molecular complexity index is 334. The highest BCUT2D eigenvalue weighted by molar-refractivity contribution is 5.36. The maximum atomic E-state index is 5.65. The lowest BCUT2D eigenvalue weighted by atomic mass is 9.89. The first-order chi connectivity index (χ1) is 7.75. The van der Waals surface area contributed by atoms with Crippen molar-refractivity contribution in [2.45, 2.75) is 32.1 Å². The molecule has 1 saturated carbocycles. The average molecular weight is 220 g/mol. The summed E-state index contributed by atoms with van der Waals surface area (Å²) in [5, 5.41) is 0. The van der Waals surface area contributed by atoms with Crippen LogP contribution in [0, 0.1) is 5.92 Å². The van der Waals surface area contributed by atoms with E-state index < -0.39 is 0 Å². The van der Waals surface area contributed by atoms with E-state index in [-0.39, 0.29) is 0 Å². The maximum Gasteiger partial charge on any atom is 0.226 e. The van der Waals surface area contributed by atoms with Crippen molar-refractivity contribution < 1.29 is 0 Å². The molecule has 1 heterocycles. The second-order valence-corrected chi connectivity index (χ2v) is 4.67. The predicted octanol–water partition coefficient (Wildman–Crippen LogP) is 2.08. The molecule has 1 aromatic rings. The average Bonchev–Trinajstić information content (AvgIpc) is 2.30. The van der Waals surface area contributed by atoms with E-state index in [1.165, 1.54) is 32.1 Å². The monoisotopic (exact) mass is 220 g/mol. The molecule has 0 saturated heterocycles. The largest absolute Gasteiger partial charge is 0.384 e. The van der Waals surface area contributed by atoms with E-state index in [9.17, 15) is 0 Å². The van der Waals surface area contributed by atoms with Crippen LogP contribution in [-0.2, 0) is 0 Å². The minimum Gasteiger partial charge on any atom is -0.384 e. The molecular weight excluding hydrogens is 200 g/mol. The molecule has 2 rings (SSSR count). The number of nitrogens with two attached hydrogens (primary N) is 1. The third kappa shape index (κ3) is 2.84.